The lowest BCUT2D eigenvalue weighted by molar-refractivity contribution is 0.0714. The van der Waals surface area contributed by atoms with Crippen LogP contribution in [-0.2, 0) is 6.42 Å². The van der Waals surface area contributed by atoms with Crippen LogP contribution >= 0.6 is 0 Å². The second-order valence-electron chi connectivity index (χ2n) is 7.11. The first-order valence-corrected chi connectivity index (χ1v) is 8.16. The summed E-state index contributed by atoms with van der Waals surface area (Å²) in [6.07, 6.45) is 1.34. The maximum atomic E-state index is 12.6. The van der Waals surface area contributed by atoms with Crippen molar-refractivity contribution in [3.05, 3.63) is 35.4 Å². The summed E-state index contributed by atoms with van der Waals surface area (Å²) in [5, 5.41) is 28.5. The number of hydrogen-bond acceptors (Lipinski definition) is 4. The Morgan fingerprint density at radius 1 is 1.22 bits per heavy atom. The second-order valence-corrected chi connectivity index (χ2v) is 7.11. The summed E-state index contributed by atoms with van der Waals surface area (Å²) in [5.41, 5.74) is 0.917. The molecule has 1 fully saturated rings. The van der Waals surface area contributed by atoms with E-state index in [1.807, 2.05) is 18.2 Å². The van der Waals surface area contributed by atoms with E-state index in [-0.39, 0.29) is 31.0 Å². The van der Waals surface area contributed by atoms with E-state index in [0.29, 0.717) is 31.5 Å². The molecule has 5 heteroatoms. The van der Waals surface area contributed by atoms with Gasteiger partial charge in [-0.2, -0.15) is 0 Å². The number of hydrogen-bond donors (Lipinski definition) is 3. The summed E-state index contributed by atoms with van der Waals surface area (Å²) in [4.78, 5) is 14.3. The van der Waals surface area contributed by atoms with Crippen LogP contribution in [0.2, 0.25) is 0 Å². The molecule has 3 N–H and O–H groups in total. The number of aliphatic hydroxyl groups is 3. The summed E-state index contributed by atoms with van der Waals surface area (Å²) < 4.78 is 0. The Kier molecular flexibility index (Phi) is 5.79. The van der Waals surface area contributed by atoms with Gasteiger partial charge in [0, 0.05) is 43.7 Å². The molecule has 0 bridgehead atoms. The molecule has 1 saturated heterocycles. The predicted molar refractivity (Wildman–Crippen MR) is 88.1 cm³/mol. The van der Waals surface area contributed by atoms with Crippen LogP contribution in [0.3, 0.4) is 0 Å². The maximum Gasteiger partial charge on any atom is 0.253 e. The number of likely N-dealkylation sites (tertiary alicyclic amines) is 1. The van der Waals surface area contributed by atoms with Crippen LogP contribution in [0.15, 0.2) is 24.3 Å². The zero-order valence-corrected chi connectivity index (χ0v) is 13.9. The number of carbonyl (C=O) groups excluding carboxylic acids is 1. The summed E-state index contributed by atoms with van der Waals surface area (Å²) >= 11 is 0. The Balaban J connectivity index is 2.05. The number of carbonyl (C=O) groups is 1. The van der Waals surface area contributed by atoms with E-state index in [4.69, 9.17) is 0 Å². The van der Waals surface area contributed by atoms with Gasteiger partial charge < -0.3 is 20.2 Å². The largest absolute Gasteiger partial charge is 0.396 e. The molecular formula is C18H27NO4. The van der Waals surface area contributed by atoms with Gasteiger partial charge in [-0.3, -0.25) is 4.79 Å². The lowest BCUT2D eigenvalue weighted by Gasteiger charge is -2.18. The van der Waals surface area contributed by atoms with Gasteiger partial charge in [-0.05, 0) is 44.4 Å². The van der Waals surface area contributed by atoms with Crippen molar-refractivity contribution in [3.8, 4) is 0 Å². The zero-order valence-electron chi connectivity index (χ0n) is 13.9. The molecule has 0 saturated carbocycles. The monoisotopic (exact) mass is 321 g/mol. The van der Waals surface area contributed by atoms with Gasteiger partial charge in [0.15, 0.2) is 0 Å². The van der Waals surface area contributed by atoms with E-state index in [1.165, 1.54) is 0 Å². The quantitative estimate of drug-likeness (QED) is 0.732. The van der Waals surface area contributed by atoms with Crippen molar-refractivity contribution in [2.24, 2.45) is 11.8 Å². The standard InChI is InChI=1S/C18H27NO4/c1-18(2,23)7-6-13-4-3-5-14(8-13)17(22)19-9-15(11-20)16(10-19)12-21/h3-5,8,15-16,20-21,23H,6-7,9-12H2,1-2H3/t15-,16-/m0/s1. The van der Waals surface area contributed by atoms with E-state index in [2.05, 4.69) is 0 Å². The van der Waals surface area contributed by atoms with Crippen LogP contribution in [0.4, 0.5) is 0 Å². The minimum absolute atomic E-state index is 0.0133. The average molecular weight is 321 g/mol. The Labute approximate surface area is 137 Å². The molecule has 1 aromatic rings. The normalized spacial score (nSPS) is 21.7. The minimum Gasteiger partial charge on any atom is -0.396 e. The fourth-order valence-corrected chi connectivity index (χ4v) is 3.01. The van der Waals surface area contributed by atoms with E-state index in [1.54, 1.807) is 24.8 Å². The Morgan fingerprint density at radius 2 is 1.83 bits per heavy atom. The Bertz CT molecular complexity index is 526. The third kappa shape index (κ3) is 4.77. The van der Waals surface area contributed by atoms with E-state index in [9.17, 15) is 20.1 Å². The van der Waals surface area contributed by atoms with Gasteiger partial charge in [0.05, 0.1) is 5.60 Å². The third-order valence-electron chi connectivity index (χ3n) is 4.53. The lowest BCUT2D eigenvalue weighted by atomic mass is 9.98. The predicted octanol–water partition coefficient (Wildman–Crippen LogP) is 1.06. The second kappa shape index (κ2) is 7.43. The summed E-state index contributed by atoms with van der Waals surface area (Å²) in [7, 11) is 0. The SMILES string of the molecule is CC(C)(O)CCc1cccc(C(=O)N2C[C@@H](CO)[C@H](CO)C2)c1. The molecule has 1 heterocycles. The van der Waals surface area contributed by atoms with Gasteiger partial charge in [-0.1, -0.05) is 12.1 Å². The van der Waals surface area contributed by atoms with Gasteiger partial charge in [0.1, 0.15) is 0 Å². The van der Waals surface area contributed by atoms with E-state index >= 15 is 0 Å². The van der Waals surface area contributed by atoms with Crippen LogP contribution < -0.4 is 0 Å². The minimum atomic E-state index is -0.725. The van der Waals surface area contributed by atoms with Crippen LogP contribution in [-0.4, -0.2) is 58.0 Å². The molecule has 0 spiro atoms. The maximum absolute atomic E-state index is 12.6. The molecule has 0 radical (unpaired) electrons. The van der Waals surface area contributed by atoms with Crippen LogP contribution in [0.5, 0.6) is 0 Å². The highest BCUT2D eigenvalue weighted by atomic mass is 16.3. The molecule has 5 nitrogen and oxygen atoms in total. The van der Waals surface area contributed by atoms with Crippen molar-refractivity contribution < 1.29 is 20.1 Å². The number of aryl methyl sites for hydroxylation is 1. The Morgan fingerprint density at radius 3 is 2.35 bits per heavy atom. The van der Waals surface area contributed by atoms with E-state index < -0.39 is 5.60 Å². The first-order valence-electron chi connectivity index (χ1n) is 8.16. The fraction of sp³-hybridized carbons (Fsp3) is 0.611. The molecule has 0 aliphatic carbocycles. The average Bonchev–Trinajstić information content (AvgIpc) is 2.95. The first-order chi connectivity index (χ1) is 10.8. The van der Waals surface area contributed by atoms with Gasteiger partial charge in [-0.25, -0.2) is 0 Å². The molecule has 1 amide bonds. The van der Waals surface area contributed by atoms with Crippen molar-refractivity contribution in [1.29, 1.82) is 0 Å². The molecule has 1 aromatic carbocycles. The van der Waals surface area contributed by atoms with Gasteiger partial charge in [-0.15, -0.1) is 0 Å². The highest BCUT2D eigenvalue weighted by Crippen LogP contribution is 2.24. The van der Waals surface area contributed by atoms with Crippen molar-refractivity contribution >= 4 is 5.91 Å². The number of aliphatic hydroxyl groups excluding tert-OH is 2. The molecule has 2 atom stereocenters. The van der Waals surface area contributed by atoms with Gasteiger partial charge in [0.25, 0.3) is 5.91 Å². The number of rotatable bonds is 6. The number of benzene rings is 1. The van der Waals surface area contributed by atoms with Crippen molar-refractivity contribution in [2.75, 3.05) is 26.3 Å². The highest BCUT2D eigenvalue weighted by molar-refractivity contribution is 5.94. The summed E-state index contributed by atoms with van der Waals surface area (Å²) in [6, 6.07) is 7.47. The molecule has 1 aliphatic heterocycles. The molecule has 1 aliphatic rings. The highest BCUT2D eigenvalue weighted by Gasteiger charge is 2.34. The number of nitrogens with zero attached hydrogens (tertiary/aromatic N) is 1. The van der Waals surface area contributed by atoms with Crippen molar-refractivity contribution in [1.82, 2.24) is 4.90 Å². The molecular weight excluding hydrogens is 294 g/mol. The zero-order chi connectivity index (χ0) is 17.0. The first kappa shape index (κ1) is 17.9. The van der Waals surface area contributed by atoms with Crippen LogP contribution in [0.25, 0.3) is 0 Å². The lowest BCUT2D eigenvalue weighted by Crippen LogP contribution is -2.29. The number of amides is 1. The topological polar surface area (TPSA) is 81.0 Å². The van der Waals surface area contributed by atoms with Crippen molar-refractivity contribution in [3.63, 3.8) is 0 Å². The summed E-state index contributed by atoms with van der Waals surface area (Å²) in [6.45, 7) is 4.48. The van der Waals surface area contributed by atoms with Gasteiger partial charge in [0.2, 0.25) is 0 Å². The van der Waals surface area contributed by atoms with Crippen molar-refractivity contribution in [2.45, 2.75) is 32.3 Å². The van der Waals surface area contributed by atoms with E-state index in [0.717, 1.165) is 5.56 Å². The fourth-order valence-electron chi connectivity index (χ4n) is 3.01. The smallest absolute Gasteiger partial charge is 0.253 e. The molecule has 128 valence electrons. The van der Waals surface area contributed by atoms with Crippen LogP contribution in [0, 0.1) is 11.8 Å². The molecule has 0 unspecified atom stereocenters. The molecule has 23 heavy (non-hydrogen) atoms. The summed E-state index contributed by atoms with van der Waals surface area (Å²) in [5.74, 6) is -0.172. The molecule has 2 rings (SSSR count). The van der Waals surface area contributed by atoms with Crippen LogP contribution in [0.1, 0.15) is 36.2 Å². The third-order valence-corrected chi connectivity index (χ3v) is 4.53. The molecule has 0 aromatic heterocycles. The van der Waals surface area contributed by atoms with Gasteiger partial charge >= 0.3 is 0 Å². The Hall–Kier alpha value is -1.43.